The maximum atomic E-state index is 11.1. The fourth-order valence-corrected chi connectivity index (χ4v) is 2.11. The van der Waals surface area contributed by atoms with Gasteiger partial charge in [0.25, 0.3) is 0 Å². The Balaban J connectivity index is 2.12. The molecule has 70 valence electrons. The number of nitrogens with one attached hydrogen (secondary N) is 1. The van der Waals surface area contributed by atoms with Crippen LogP contribution in [0.5, 0.6) is 0 Å². The van der Waals surface area contributed by atoms with Crippen LogP contribution >= 0.6 is 27.7 Å². The molecule has 1 fully saturated rings. The van der Waals surface area contributed by atoms with Crippen LogP contribution in [0.4, 0.5) is 0 Å². The minimum Gasteiger partial charge on any atom is -0.355 e. The normalized spacial score (nSPS) is 18.8. The largest absolute Gasteiger partial charge is 0.355 e. The minimum atomic E-state index is 0.159. The zero-order valence-electron chi connectivity index (χ0n) is 7.23. The molecule has 0 unspecified atom stereocenters. The third-order valence-electron chi connectivity index (χ3n) is 2.17. The van der Waals surface area contributed by atoms with Gasteiger partial charge >= 0.3 is 0 Å². The van der Waals surface area contributed by atoms with Gasteiger partial charge in [0.2, 0.25) is 5.91 Å². The lowest BCUT2D eigenvalue weighted by molar-refractivity contribution is -0.120. The van der Waals surface area contributed by atoms with Crippen molar-refractivity contribution in [3.05, 3.63) is 0 Å². The van der Waals surface area contributed by atoms with Gasteiger partial charge in [-0.3, -0.25) is 4.79 Å². The number of carbonyl (C=O) groups is 1. The Morgan fingerprint density at radius 2 is 2.33 bits per heavy atom. The van der Waals surface area contributed by atoms with Crippen molar-refractivity contribution in [2.45, 2.75) is 24.0 Å². The van der Waals surface area contributed by atoms with Crippen molar-refractivity contribution in [1.29, 1.82) is 0 Å². The first-order chi connectivity index (χ1) is 5.72. The third-order valence-corrected chi connectivity index (χ3v) is 3.99. The number of amides is 1. The second-order valence-corrected chi connectivity index (χ2v) is 5.17. The van der Waals surface area contributed by atoms with Gasteiger partial charge in [-0.2, -0.15) is 11.8 Å². The summed E-state index contributed by atoms with van der Waals surface area (Å²) >= 11 is 5.11. The van der Waals surface area contributed by atoms with Crippen LogP contribution in [0.25, 0.3) is 0 Å². The van der Waals surface area contributed by atoms with Crippen LogP contribution in [0.2, 0.25) is 0 Å². The predicted molar refractivity (Wildman–Crippen MR) is 56.9 cm³/mol. The van der Waals surface area contributed by atoms with Crippen LogP contribution in [0.15, 0.2) is 0 Å². The lowest BCUT2D eigenvalue weighted by Gasteiger charge is -2.12. The standard InChI is InChI=1S/C8H14BrNOS/c1-12-8(3-4-8)6-10-7(11)2-5-9/h2-6H2,1H3,(H,10,11). The number of halogens is 1. The molecule has 1 saturated carbocycles. The number of rotatable bonds is 5. The molecule has 0 atom stereocenters. The van der Waals surface area contributed by atoms with Crippen LogP contribution < -0.4 is 5.32 Å². The van der Waals surface area contributed by atoms with Gasteiger partial charge in [0.1, 0.15) is 0 Å². The van der Waals surface area contributed by atoms with E-state index in [-0.39, 0.29) is 5.91 Å². The van der Waals surface area contributed by atoms with Gasteiger partial charge in [-0.05, 0) is 19.1 Å². The molecule has 4 heteroatoms. The molecule has 0 aromatic rings. The van der Waals surface area contributed by atoms with Crippen LogP contribution in [-0.2, 0) is 4.79 Å². The van der Waals surface area contributed by atoms with Gasteiger partial charge in [0.15, 0.2) is 0 Å². The van der Waals surface area contributed by atoms with Crippen LogP contribution in [-0.4, -0.2) is 28.8 Å². The Morgan fingerprint density at radius 1 is 1.67 bits per heavy atom. The first-order valence-electron chi connectivity index (χ1n) is 4.10. The summed E-state index contributed by atoms with van der Waals surface area (Å²) < 4.78 is 0.391. The average molecular weight is 252 g/mol. The highest BCUT2D eigenvalue weighted by atomic mass is 79.9. The van der Waals surface area contributed by atoms with E-state index in [1.807, 2.05) is 11.8 Å². The highest BCUT2D eigenvalue weighted by Crippen LogP contribution is 2.46. The second kappa shape index (κ2) is 4.51. The first-order valence-corrected chi connectivity index (χ1v) is 6.45. The summed E-state index contributed by atoms with van der Waals surface area (Å²) in [5, 5.41) is 3.70. The lowest BCUT2D eigenvalue weighted by Crippen LogP contribution is -2.31. The number of alkyl halides is 1. The van der Waals surface area contributed by atoms with Crippen molar-refractivity contribution < 1.29 is 4.79 Å². The molecule has 1 aliphatic carbocycles. The maximum absolute atomic E-state index is 11.1. The van der Waals surface area contributed by atoms with E-state index in [0.29, 0.717) is 11.2 Å². The van der Waals surface area contributed by atoms with E-state index < -0.39 is 0 Å². The number of carbonyl (C=O) groups excluding carboxylic acids is 1. The summed E-state index contributed by atoms with van der Waals surface area (Å²) in [7, 11) is 0. The molecule has 0 heterocycles. The first kappa shape index (κ1) is 10.4. The molecule has 0 aromatic carbocycles. The van der Waals surface area contributed by atoms with Gasteiger partial charge in [0, 0.05) is 23.0 Å². The molecule has 1 aliphatic rings. The fraction of sp³-hybridized carbons (Fsp3) is 0.875. The number of hydrogen-bond donors (Lipinski definition) is 1. The van der Waals surface area contributed by atoms with E-state index in [1.165, 1.54) is 12.8 Å². The van der Waals surface area contributed by atoms with Gasteiger partial charge in [-0.15, -0.1) is 0 Å². The van der Waals surface area contributed by atoms with Gasteiger partial charge in [0.05, 0.1) is 0 Å². The Bertz CT molecular complexity index is 170. The minimum absolute atomic E-state index is 0.159. The highest BCUT2D eigenvalue weighted by molar-refractivity contribution is 9.09. The summed E-state index contributed by atoms with van der Waals surface area (Å²) in [5.74, 6) is 0.159. The summed E-state index contributed by atoms with van der Waals surface area (Å²) in [5.41, 5.74) is 0. The summed E-state index contributed by atoms with van der Waals surface area (Å²) in [6.07, 6.45) is 5.21. The summed E-state index contributed by atoms with van der Waals surface area (Å²) in [6, 6.07) is 0. The van der Waals surface area contributed by atoms with E-state index in [4.69, 9.17) is 0 Å². The van der Waals surface area contributed by atoms with Gasteiger partial charge < -0.3 is 5.32 Å². The monoisotopic (exact) mass is 251 g/mol. The van der Waals surface area contributed by atoms with Crippen molar-refractivity contribution in [1.82, 2.24) is 5.32 Å². The number of thioether (sulfide) groups is 1. The van der Waals surface area contributed by atoms with E-state index in [1.54, 1.807) is 0 Å². The van der Waals surface area contributed by atoms with E-state index >= 15 is 0 Å². The Labute approximate surface area is 86.0 Å². The van der Waals surface area contributed by atoms with Crippen molar-refractivity contribution in [2.24, 2.45) is 0 Å². The highest BCUT2D eigenvalue weighted by Gasteiger charge is 2.41. The molecule has 1 N–H and O–H groups in total. The van der Waals surface area contributed by atoms with Crippen molar-refractivity contribution >= 4 is 33.6 Å². The van der Waals surface area contributed by atoms with Crippen LogP contribution in [0, 0.1) is 0 Å². The molecule has 0 aliphatic heterocycles. The molecule has 0 aromatic heterocycles. The van der Waals surface area contributed by atoms with E-state index in [0.717, 1.165) is 11.9 Å². The van der Waals surface area contributed by atoms with E-state index in [2.05, 4.69) is 27.5 Å². The van der Waals surface area contributed by atoms with Crippen molar-refractivity contribution in [2.75, 3.05) is 18.1 Å². The molecular formula is C8H14BrNOS. The number of hydrogen-bond acceptors (Lipinski definition) is 2. The van der Waals surface area contributed by atoms with E-state index in [9.17, 15) is 4.79 Å². The lowest BCUT2D eigenvalue weighted by atomic mass is 10.4. The molecule has 0 bridgehead atoms. The van der Waals surface area contributed by atoms with Crippen molar-refractivity contribution in [3.63, 3.8) is 0 Å². The SMILES string of the molecule is CSC1(CNC(=O)CCBr)CC1. The molecule has 0 radical (unpaired) electrons. The smallest absolute Gasteiger partial charge is 0.220 e. The maximum Gasteiger partial charge on any atom is 0.220 e. The third kappa shape index (κ3) is 2.98. The van der Waals surface area contributed by atoms with Gasteiger partial charge in [-0.25, -0.2) is 0 Å². The Hall–Kier alpha value is 0.300. The zero-order valence-corrected chi connectivity index (χ0v) is 9.63. The Kier molecular flexibility index (Phi) is 3.90. The quantitative estimate of drug-likeness (QED) is 0.756. The van der Waals surface area contributed by atoms with Crippen molar-refractivity contribution in [3.8, 4) is 0 Å². The molecule has 12 heavy (non-hydrogen) atoms. The topological polar surface area (TPSA) is 29.1 Å². The molecule has 1 rings (SSSR count). The predicted octanol–water partition coefficient (Wildman–Crippen LogP) is 1.78. The van der Waals surface area contributed by atoms with Crippen LogP contribution in [0.3, 0.4) is 0 Å². The average Bonchev–Trinajstić information content (AvgIpc) is 2.82. The van der Waals surface area contributed by atoms with Crippen LogP contribution in [0.1, 0.15) is 19.3 Å². The summed E-state index contributed by atoms with van der Waals surface area (Å²) in [6.45, 7) is 0.847. The molecule has 0 spiro atoms. The molecule has 1 amide bonds. The molecular weight excluding hydrogens is 238 g/mol. The second-order valence-electron chi connectivity index (χ2n) is 3.10. The summed E-state index contributed by atoms with van der Waals surface area (Å²) in [4.78, 5) is 11.1. The Morgan fingerprint density at radius 3 is 2.75 bits per heavy atom. The zero-order chi connectivity index (χ0) is 9.03. The molecule has 2 nitrogen and oxygen atoms in total. The van der Waals surface area contributed by atoms with Gasteiger partial charge in [-0.1, -0.05) is 15.9 Å². The molecule has 0 saturated heterocycles. The fourth-order valence-electron chi connectivity index (χ4n) is 1.03.